The summed E-state index contributed by atoms with van der Waals surface area (Å²) in [7, 11) is -3.48. The number of aryl methyl sites for hydroxylation is 3. The van der Waals surface area contributed by atoms with Crippen LogP contribution in [-0.4, -0.2) is 49.7 Å². The van der Waals surface area contributed by atoms with E-state index in [9.17, 15) is 18.0 Å². The monoisotopic (exact) mass is 380 g/mol. The fourth-order valence-electron chi connectivity index (χ4n) is 3.35. The summed E-state index contributed by atoms with van der Waals surface area (Å²) in [6.07, 6.45) is 2.20. The van der Waals surface area contributed by atoms with Crippen molar-refractivity contribution >= 4 is 27.3 Å². The second kappa shape index (κ2) is 8.66. The Morgan fingerprint density at radius 2 is 1.65 bits per heavy atom. The first-order chi connectivity index (χ1) is 12.2. The number of hydrogen-bond donors (Lipinski definition) is 1. The van der Waals surface area contributed by atoms with Gasteiger partial charge in [0.2, 0.25) is 11.8 Å². The van der Waals surface area contributed by atoms with E-state index in [1.807, 2.05) is 32.9 Å². The smallest absolute Gasteiger partial charge is 0.237 e. The third-order valence-electron chi connectivity index (χ3n) is 4.60. The van der Waals surface area contributed by atoms with E-state index in [1.54, 1.807) is 4.90 Å². The molecule has 1 aliphatic rings. The van der Waals surface area contributed by atoms with Gasteiger partial charge in [-0.2, -0.15) is 0 Å². The minimum atomic E-state index is -3.48. The molecule has 26 heavy (non-hydrogen) atoms. The van der Waals surface area contributed by atoms with Gasteiger partial charge in [-0.05, 0) is 51.2 Å². The molecule has 0 aliphatic carbocycles. The topological polar surface area (TPSA) is 83.5 Å². The van der Waals surface area contributed by atoms with Gasteiger partial charge in [-0.15, -0.1) is 0 Å². The summed E-state index contributed by atoms with van der Waals surface area (Å²) in [5.74, 6) is -1.13. The highest BCUT2D eigenvalue weighted by Crippen LogP contribution is 2.22. The number of hydrogen-bond acceptors (Lipinski definition) is 4. The van der Waals surface area contributed by atoms with Crippen molar-refractivity contribution in [1.82, 2.24) is 4.90 Å². The van der Waals surface area contributed by atoms with Gasteiger partial charge >= 0.3 is 0 Å². The predicted molar refractivity (Wildman–Crippen MR) is 103 cm³/mol. The van der Waals surface area contributed by atoms with Crippen molar-refractivity contribution in [3.05, 3.63) is 28.8 Å². The largest absolute Gasteiger partial charge is 0.342 e. The molecule has 0 atom stereocenters. The van der Waals surface area contributed by atoms with Gasteiger partial charge in [-0.25, -0.2) is 8.42 Å². The van der Waals surface area contributed by atoms with Crippen LogP contribution in [0.3, 0.4) is 0 Å². The van der Waals surface area contributed by atoms with Crippen molar-refractivity contribution in [3.8, 4) is 0 Å². The SMILES string of the molecule is Cc1cc(C)c(NC(=O)CCCS(=O)(=O)CC(=O)N2CCCC2)c(C)c1. The van der Waals surface area contributed by atoms with E-state index in [2.05, 4.69) is 5.32 Å². The van der Waals surface area contributed by atoms with Gasteiger partial charge in [0.1, 0.15) is 5.75 Å². The van der Waals surface area contributed by atoms with Crippen LogP contribution < -0.4 is 5.32 Å². The van der Waals surface area contributed by atoms with Gasteiger partial charge in [0, 0.05) is 25.2 Å². The summed E-state index contributed by atoms with van der Waals surface area (Å²) in [6, 6.07) is 3.99. The number of amides is 2. The van der Waals surface area contributed by atoms with Gasteiger partial charge < -0.3 is 10.2 Å². The first-order valence-corrected chi connectivity index (χ1v) is 10.9. The molecule has 144 valence electrons. The fourth-order valence-corrected chi connectivity index (χ4v) is 4.64. The highest BCUT2D eigenvalue weighted by Gasteiger charge is 2.24. The van der Waals surface area contributed by atoms with E-state index >= 15 is 0 Å². The summed E-state index contributed by atoms with van der Waals surface area (Å²) >= 11 is 0. The van der Waals surface area contributed by atoms with Crippen molar-refractivity contribution in [3.63, 3.8) is 0 Å². The molecule has 7 heteroatoms. The Kier molecular flexibility index (Phi) is 6.81. The summed E-state index contributed by atoms with van der Waals surface area (Å²) in [5, 5.41) is 2.87. The minimum absolute atomic E-state index is 0.115. The lowest BCUT2D eigenvalue weighted by molar-refractivity contribution is -0.127. The van der Waals surface area contributed by atoms with Crippen molar-refractivity contribution < 1.29 is 18.0 Å². The number of nitrogens with one attached hydrogen (secondary N) is 1. The van der Waals surface area contributed by atoms with Gasteiger partial charge in [-0.3, -0.25) is 9.59 Å². The number of benzene rings is 1. The van der Waals surface area contributed by atoms with Crippen LogP contribution in [-0.2, 0) is 19.4 Å². The van der Waals surface area contributed by atoms with Gasteiger partial charge in [0.05, 0.1) is 5.75 Å². The van der Waals surface area contributed by atoms with E-state index in [0.29, 0.717) is 13.1 Å². The lowest BCUT2D eigenvalue weighted by atomic mass is 10.0. The van der Waals surface area contributed by atoms with Gasteiger partial charge in [0.25, 0.3) is 0 Å². The first kappa shape index (κ1) is 20.4. The molecule has 0 radical (unpaired) electrons. The number of likely N-dealkylation sites (tertiary alicyclic amines) is 1. The van der Waals surface area contributed by atoms with Crippen LogP contribution in [0.1, 0.15) is 42.4 Å². The summed E-state index contributed by atoms with van der Waals surface area (Å²) in [5.41, 5.74) is 3.89. The third kappa shape index (κ3) is 5.83. The molecule has 0 bridgehead atoms. The molecule has 1 N–H and O–H groups in total. The Morgan fingerprint density at radius 3 is 2.23 bits per heavy atom. The number of rotatable bonds is 7. The third-order valence-corrected chi connectivity index (χ3v) is 6.20. The average Bonchev–Trinajstić information content (AvgIpc) is 3.04. The summed E-state index contributed by atoms with van der Waals surface area (Å²) < 4.78 is 24.2. The van der Waals surface area contributed by atoms with Crippen LogP contribution in [0.25, 0.3) is 0 Å². The Hall–Kier alpha value is -1.89. The van der Waals surface area contributed by atoms with Crippen LogP contribution >= 0.6 is 0 Å². The first-order valence-electron chi connectivity index (χ1n) is 9.04. The molecular formula is C19H28N2O4S. The van der Waals surface area contributed by atoms with E-state index < -0.39 is 15.6 Å². The van der Waals surface area contributed by atoms with E-state index in [1.165, 1.54) is 0 Å². The Bertz CT molecular complexity index is 758. The Balaban J connectivity index is 1.81. The molecule has 1 aliphatic heterocycles. The van der Waals surface area contributed by atoms with Gasteiger partial charge in [-0.1, -0.05) is 17.7 Å². The maximum absolute atomic E-state index is 12.1. The minimum Gasteiger partial charge on any atom is -0.342 e. The fraction of sp³-hybridized carbons (Fsp3) is 0.579. The molecule has 0 aromatic heterocycles. The number of sulfone groups is 1. The van der Waals surface area contributed by atoms with Crippen LogP contribution in [0.2, 0.25) is 0 Å². The van der Waals surface area contributed by atoms with Crippen molar-refractivity contribution in [2.75, 3.05) is 29.9 Å². The zero-order valence-electron chi connectivity index (χ0n) is 15.8. The zero-order chi connectivity index (χ0) is 19.3. The van der Waals surface area contributed by atoms with Crippen LogP contribution in [0.15, 0.2) is 12.1 Å². The number of anilines is 1. The molecule has 0 spiro atoms. The van der Waals surface area contributed by atoms with E-state index in [4.69, 9.17) is 0 Å². The molecule has 1 aromatic rings. The Morgan fingerprint density at radius 1 is 1.08 bits per heavy atom. The zero-order valence-corrected chi connectivity index (χ0v) is 16.6. The normalized spacial score (nSPS) is 14.5. The quantitative estimate of drug-likeness (QED) is 0.787. The Labute approximate surface area is 155 Å². The molecule has 0 unspecified atom stereocenters. The highest BCUT2D eigenvalue weighted by molar-refractivity contribution is 7.92. The maximum atomic E-state index is 12.1. The lowest BCUT2D eigenvalue weighted by Gasteiger charge is -2.15. The number of carbonyl (C=O) groups is 2. The van der Waals surface area contributed by atoms with Crippen molar-refractivity contribution in [1.29, 1.82) is 0 Å². The second-order valence-electron chi connectivity index (χ2n) is 7.11. The van der Waals surface area contributed by atoms with Crippen molar-refractivity contribution in [2.45, 2.75) is 46.5 Å². The average molecular weight is 381 g/mol. The highest BCUT2D eigenvalue weighted by atomic mass is 32.2. The predicted octanol–water partition coefficient (Wildman–Crippen LogP) is 2.37. The second-order valence-corrected chi connectivity index (χ2v) is 9.29. The molecule has 1 heterocycles. The molecule has 0 saturated carbocycles. The molecule has 1 aromatic carbocycles. The van der Waals surface area contributed by atoms with E-state index in [0.717, 1.165) is 35.2 Å². The van der Waals surface area contributed by atoms with Crippen LogP contribution in [0, 0.1) is 20.8 Å². The molecule has 1 fully saturated rings. The van der Waals surface area contributed by atoms with Crippen LogP contribution in [0.4, 0.5) is 5.69 Å². The van der Waals surface area contributed by atoms with Crippen molar-refractivity contribution in [2.24, 2.45) is 0 Å². The molecule has 2 amide bonds. The summed E-state index contributed by atoms with van der Waals surface area (Å²) in [4.78, 5) is 25.7. The number of carbonyl (C=O) groups excluding carboxylic acids is 2. The molecule has 1 saturated heterocycles. The maximum Gasteiger partial charge on any atom is 0.237 e. The van der Waals surface area contributed by atoms with E-state index in [-0.39, 0.29) is 30.4 Å². The lowest BCUT2D eigenvalue weighted by Crippen LogP contribution is -2.34. The standard InChI is InChI=1S/C19H28N2O4S/c1-14-11-15(2)19(16(3)12-14)20-17(22)7-6-10-26(24,25)13-18(23)21-8-4-5-9-21/h11-12H,4-10,13H2,1-3H3,(H,20,22). The van der Waals surface area contributed by atoms with Gasteiger partial charge in [0.15, 0.2) is 9.84 Å². The van der Waals surface area contributed by atoms with Crippen LogP contribution in [0.5, 0.6) is 0 Å². The molecule has 2 rings (SSSR count). The molecule has 6 nitrogen and oxygen atoms in total. The molecular weight excluding hydrogens is 352 g/mol. The summed E-state index contributed by atoms with van der Waals surface area (Å²) in [6.45, 7) is 7.16. The number of nitrogens with zero attached hydrogens (tertiary/aromatic N) is 1.